The zero-order valence-electron chi connectivity index (χ0n) is 12.8. The van der Waals surface area contributed by atoms with Crippen molar-refractivity contribution in [1.82, 2.24) is 9.97 Å². The Hall–Kier alpha value is -2.40. The normalized spacial score (nSPS) is 15.0. The summed E-state index contributed by atoms with van der Waals surface area (Å²) in [5.74, 6) is -0.143. The molecule has 1 heterocycles. The van der Waals surface area contributed by atoms with Gasteiger partial charge in [-0.15, -0.1) is 0 Å². The molecule has 0 radical (unpaired) electrons. The number of nitrogens with zero attached hydrogens (tertiary/aromatic N) is 2. The van der Waals surface area contributed by atoms with E-state index in [4.69, 9.17) is 0 Å². The number of carbonyl (C=O) groups is 2. The molecule has 0 N–H and O–H groups in total. The first kappa shape index (κ1) is 14.5. The fourth-order valence-corrected chi connectivity index (χ4v) is 4.62. The second kappa shape index (κ2) is 5.10. The minimum Gasteiger partial charge on any atom is -0.289 e. The molecule has 4 nitrogen and oxygen atoms in total. The molecule has 1 aromatic heterocycles. The lowest BCUT2D eigenvalue weighted by molar-refractivity contribution is 0.0997. The van der Waals surface area contributed by atoms with Gasteiger partial charge in [-0.25, -0.2) is 9.97 Å². The van der Waals surface area contributed by atoms with Gasteiger partial charge in [-0.3, -0.25) is 9.59 Å². The molecular formula is C17H16N2O2Si. The summed E-state index contributed by atoms with van der Waals surface area (Å²) in [5, 5.41) is 0.658. The lowest BCUT2D eigenvalue weighted by atomic mass is 9.87. The van der Waals surface area contributed by atoms with Crippen molar-refractivity contribution in [2.45, 2.75) is 19.6 Å². The SMILES string of the molecule is C[Si](C)(C)C1=C(c2cncnc2)C(=O)c2ccccc2C1=O. The van der Waals surface area contributed by atoms with Crippen molar-refractivity contribution in [3.05, 3.63) is 64.9 Å². The van der Waals surface area contributed by atoms with Gasteiger partial charge in [-0.1, -0.05) is 43.9 Å². The molecule has 1 aliphatic rings. The molecule has 0 saturated heterocycles. The van der Waals surface area contributed by atoms with Crippen molar-refractivity contribution in [3.8, 4) is 0 Å². The molecule has 0 spiro atoms. The van der Waals surface area contributed by atoms with Crippen LogP contribution in [0, 0.1) is 0 Å². The van der Waals surface area contributed by atoms with E-state index in [2.05, 4.69) is 29.6 Å². The highest BCUT2D eigenvalue weighted by Gasteiger charge is 2.38. The van der Waals surface area contributed by atoms with Crippen LogP contribution in [0.4, 0.5) is 0 Å². The quantitative estimate of drug-likeness (QED) is 0.799. The van der Waals surface area contributed by atoms with E-state index < -0.39 is 8.07 Å². The van der Waals surface area contributed by atoms with Gasteiger partial charge >= 0.3 is 0 Å². The molecule has 0 unspecified atom stereocenters. The van der Waals surface area contributed by atoms with Crippen LogP contribution in [0.3, 0.4) is 0 Å². The van der Waals surface area contributed by atoms with E-state index >= 15 is 0 Å². The van der Waals surface area contributed by atoms with Crippen LogP contribution < -0.4 is 0 Å². The van der Waals surface area contributed by atoms with Crippen LogP contribution in [0.2, 0.25) is 19.6 Å². The van der Waals surface area contributed by atoms with Crippen LogP contribution in [0.25, 0.3) is 5.57 Å². The molecule has 1 aliphatic carbocycles. The van der Waals surface area contributed by atoms with Crippen LogP contribution in [0.15, 0.2) is 48.2 Å². The first-order valence-corrected chi connectivity index (χ1v) is 10.6. The number of hydrogen-bond acceptors (Lipinski definition) is 4. The molecule has 0 aliphatic heterocycles. The molecule has 0 fully saturated rings. The standard InChI is InChI=1S/C17H16N2O2Si/c1-22(2,3)17-14(11-8-18-10-19-9-11)15(20)12-6-4-5-7-13(12)16(17)21/h4-10H,1-3H3. The molecule has 22 heavy (non-hydrogen) atoms. The molecule has 0 atom stereocenters. The summed E-state index contributed by atoms with van der Waals surface area (Å²) in [5.41, 5.74) is 2.06. The number of rotatable bonds is 2. The van der Waals surface area contributed by atoms with E-state index in [-0.39, 0.29) is 11.6 Å². The van der Waals surface area contributed by atoms with Crippen molar-refractivity contribution >= 4 is 25.2 Å². The van der Waals surface area contributed by atoms with Crippen molar-refractivity contribution in [3.63, 3.8) is 0 Å². The zero-order valence-corrected chi connectivity index (χ0v) is 13.8. The van der Waals surface area contributed by atoms with Gasteiger partial charge < -0.3 is 0 Å². The zero-order chi connectivity index (χ0) is 15.9. The Bertz CT molecular complexity index is 805. The number of hydrogen-bond donors (Lipinski definition) is 0. The topological polar surface area (TPSA) is 59.9 Å². The second-order valence-corrected chi connectivity index (χ2v) is 11.3. The number of carbonyl (C=O) groups excluding carboxylic acids is 2. The van der Waals surface area contributed by atoms with E-state index in [1.54, 1.807) is 36.7 Å². The number of Topliss-reactive ketones (excluding diaryl/α,β-unsaturated/α-hetero) is 2. The van der Waals surface area contributed by atoms with Gasteiger partial charge in [0.1, 0.15) is 6.33 Å². The summed E-state index contributed by atoms with van der Waals surface area (Å²) in [6, 6.07) is 7.01. The first-order valence-electron chi connectivity index (χ1n) is 7.10. The van der Waals surface area contributed by atoms with Crippen LogP contribution >= 0.6 is 0 Å². The molecule has 110 valence electrons. The van der Waals surface area contributed by atoms with Gasteiger partial charge in [0, 0.05) is 34.7 Å². The maximum absolute atomic E-state index is 13.0. The average molecular weight is 308 g/mol. The predicted molar refractivity (Wildman–Crippen MR) is 87.4 cm³/mol. The van der Waals surface area contributed by atoms with Gasteiger partial charge in [-0.05, 0) is 5.20 Å². The minimum atomic E-state index is -2.02. The Morgan fingerprint density at radius 2 is 1.41 bits per heavy atom. The maximum Gasteiger partial charge on any atom is 0.194 e. The fraction of sp³-hybridized carbons (Fsp3) is 0.176. The predicted octanol–water partition coefficient (Wildman–Crippen LogP) is 3.19. The van der Waals surface area contributed by atoms with Gasteiger partial charge in [0.2, 0.25) is 0 Å². The van der Waals surface area contributed by atoms with Crippen LogP contribution in [-0.2, 0) is 0 Å². The third-order valence-electron chi connectivity index (χ3n) is 3.72. The maximum atomic E-state index is 13.0. The van der Waals surface area contributed by atoms with Crippen molar-refractivity contribution in [2.24, 2.45) is 0 Å². The summed E-state index contributed by atoms with van der Waals surface area (Å²) >= 11 is 0. The highest BCUT2D eigenvalue weighted by atomic mass is 28.3. The third-order valence-corrected chi connectivity index (χ3v) is 5.70. The monoisotopic (exact) mass is 308 g/mol. The molecule has 1 aromatic carbocycles. The summed E-state index contributed by atoms with van der Waals surface area (Å²) in [7, 11) is -2.02. The fourth-order valence-electron chi connectivity index (χ4n) is 2.79. The smallest absolute Gasteiger partial charge is 0.194 e. The van der Waals surface area contributed by atoms with Gasteiger partial charge in [0.25, 0.3) is 0 Å². The average Bonchev–Trinajstić information content (AvgIpc) is 2.50. The number of ketones is 2. The first-order chi connectivity index (χ1) is 10.4. The number of fused-ring (bicyclic) bond motifs is 1. The van der Waals surface area contributed by atoms with Crippen molar-refractivity contribution < 1.29 is 9.59 Å². The summed E-state index contributed by atoms with van der Waals surface area (Å²) in [6.45, 7) is 6.22. The molecule has 0 saturated carbocycles. The second-order valence-electron chi connectivity index (χ2n) is 6.33. The molecule has 3 rings (SSSR count). The Morgan fingerprint density at radius 1 is 0.864 bits per heavy atom. The largest absolute Gasteiger partial charge is 0.289 e. The van der Waals surface area contributed by atoms with Crippen LogP contribution in [-0.4, -0.2) is 29.6 Å². The molecule has 0 bridgehead atoms. The highest BCUT2D eigenvalue weighted by Crippen LogP contribution is 2.36. The van der Waals surface area contributed by atoms with E-state index in [1.807, 2.05) is 0 Å². The lowest BCUT2D eigenvalue weighted by Gasteiger charge is -2.28. The molecule has 0 amide bonds. The third kappa shape index (κ3) is 2.23. The van der Waals surface area contributed by atoms with E-state index in [0.717, 1.165) is 0 Å². The van der Waals surface area contributed by atoms with E-state index in [1.165, 1.54) is 6.33 Å². The lowest BCUT2D eigenvalue weighted by Crippen LogP contribution is -2.35. The summed E-state index contributed by atoms with van der Waals surface area (Å²) < 4.78 is 0. The number of aromatic nitrogens is 2. The summed E-state index contributed by atoms with van der Waals surface area (Å²) in [4.78, 5) is 33.9. The van der Waals surface area contributed by atoms with Crippen molar-refractivity contribution in [1.29, 1.82) is 0 Å². The molecule has 5 heteroatoms. The van der Waals surface area contributed by atoms with Crippen LogP contribution in [0.5, 0.6) is 0 Å². The van der Waals surface area contributed by atoms with Gasteiger partial charge in [-0.2, -0.15) is 0 Å². The number of allylic oxidation sites excluding steroid dienone is 2. The summed E-state index contributed by atoms with van der Waals surface area (Å²) in [6.07, 6.45) is 4.62. The van der Waals surface area contributed by atoms with Gasteiger partial charge in [0.05, 0.1) is 8.07 Å². The minimum absolute atomic E-state index is 0.0341. The van der Waals surface area contributed by atoms with Crippen LogP contribution in [0.1, 0.15) is 26.3 Å². The molecular weight excluding hydrogens is 292 g/mol. The Labute approximate surface area is 129 Å². The number of benzene rings is 1. The Morgan fingerprint density at radius 3 is 1.95 bits per heavy atom. The highest BCUT2D eigenvalue weighted by molar-refractivity contribution is 6.90. The molecule has 2 aromatic rings. The Kier molecular flexibility index (Phi) is 3.37. The van der Waals surface area contributed by atoms with E-state index in [9.17, 15) is 9.59 Å². The van der Waals surface area contributed by atoms with E-state index in [0.29, 0.717) is 27.5 Å². The van der Waals surface area contributed by atoms with Crippen molar-refractivity contribution in [2.75, 3.05) is 0 Å². The Balaban J connectivity index is 2.35. The van der Waals surface area contributed by atoms with Gasteiger partial charge in [0.15, 0.2) is 11.6 Å².